The molecule has 128 valence electrons. The fourth-order valence-electron chi connectivity index (χ4n) is 3.28. The standard InChI is InChI=1S/C20H31NO2/c22-20(21-15-6-12-18-10-4-5-11-18)13-7-16-23-17-14-19-8-2-1-3-9-19/h1-3,8-9,18H,4-7,10-17H2,(H,21,22). The van der Waals surface area contributed by atoms with Crippen LogP contribution in [0, 0.1) is 5.92 Å². The average molecular weight is 317 g/mol. The highest BCUT2D eigenvalue weighted by atomic mass is 16.5. The number of carbonyl (C=O) groups excluding carboxylic acids is 1. The zero-order valence-corrected chi connectivity index (χ0v) is 14.3. The van der Waals surface area contributed by atoms with Crippen molar-refractivity contribution in [3.05, 3.63) is 35.9 Å². The maximum Gasteiger partial charge on any atom is 0.220 e. The van der Waals surface area contributed by atoms with Crippen molar-refractivity contribution in [1.29, 1.82) is 0 Å². The van der Waals surface area contributed by atoms with Crippen LogP contribution in [0.5, 0.6) is 0 Å². The number of ether oxygens (including phenoxy) is 1. The van der Waals surface area contributed by atoms with Crippen LogP contribution in [0.3, 0.4) is 0 Å². The number of carbonyl (C=O) groups is 1. The first-order chi connectivity index (χ1) is 11.3. The quantitative estimate of drug-likeness (QED) is 0.624. The molecule has 0 atom stereocenters. The molecular weight excluding hydrogens is 286 g/mol. The van der Waals surface area contributed by atoms with E-state index in [9.17, 15) is 4.79 Å². The van der Waals surface area contributed by atoms with Gasteiger partial charge in [0.15, 0.2) is 0 Å². The average Bonchev–Trinajstić information content (AvgIpc) is 3.09. The molecule has 1 fully saturated rings. The summed E-state index contributed by atoms with van der Waals surface area (Å²) in [5.41, 5.74) is 1.30. The predicted molar refractivity (Wildman–Crippen MR) is 94.4 cm³/mol. The molecule has 0 heterocycles. The first-order valence-electron chi connectivity index (χ1n) is 9.23. The van der Waals surface area contributed by atoms with Crippen LogP contribution in [-0.4, -0.2) is 25.7 Å². The van der Waals surface area contributed by atoms with Crippen LogP contribution in [0.25, 0.3) is 0 Å². The molecule has 0 aromatic heterocycles. The van der Waals surface area contributed by atoms with Gasteiger partial charge in [0, 0.05) is 19.6 Å². The van der Waals surface area contributed by atoms with Crippen LogP contribution < -0.4 is 5.32 Å². The van der Waals surface area contributed by atoms with Gasteiger partial charge >= 0.3 is 0 Å². The molecule has 2 rings (SSSR count). The van der Waals surface area contributed by atoms with Gasteiger partial charge in [-0.05, 0) is 37.2 Å². The zero-order chi connectivity index (χ0) is 16.2. The Morgan fingerprint density at radius 3 is 2.65 bits per heavy atom. The number of amides is 1. The van der Waals surface area contributed by atoms with E-state index >= 15 is 0 Å². The summed E-state index contributed by atoms with van der Waals surface area (Å²) < 4.78 is 5.60. The molecule has 3 nitrogen and oxygen atoms in total. The summed E-state index contributed by atoms with van der Waals surface area (Å²) >= 11 is 0. The van der Waals surface area contributed by atoms with Crippen LogP contribution >= 0.6 is 0 Å². The van der Waals surface area contributed by atoms with E-state index in [4.69, 9.17) is 4.74 Å². The van der Waals surface area contributed by atoms with Crippen molar-refractivity contribution < 1.29 is 9.53 Å². The normalized spacial score (nSPS) is 15.0. The van der Waals surface area contributed by atoms with Gasteiger partial charge in [-0.1, -0.05) is 56.0 Å². The molecule has 1 N–H and O–H groups in total. The third kappa shape index (κ3) is 8.17. The van der Waals surface area contributed by atoms with Crippen LogP contribution in [0.1, 0.15) is 56.9 Å². The van der Waals surface area contributed by atoms with Gasteiger partial charge in [-0.2, -0.15) is 0 Å². The van der Waals surface area contributed by atoms with E-state index in [-0.39, 0.29) is 5.91 Å². The van der Waals surface area contributed by atoms with E-state index in [2.05, 4.69) is 17.4 Å². The topological polar surface area (TPSA) is 38.3 Å². The van der Waals surface area contributed by atoms with Gasteiger partial charge in [0.1, 0.15) is 0 Å². The van der Waals surface area contributed by atoms with Gasteiger partial charge in [0.2, 0.25) is 5.91 Å². The van der Waals surface area contributed by atoms with Crippen molar-refractivity contribution >= 4 is 5.91 Å². The van der Waals surface area contributed by atoms with Crippen LogP contribution in [0.2, 0.25) is 0 Å². The second-order valence-electron chi connectivity index (χ2n) is 6.59. The van der Waals surface area contributed by atoms with Crippen molar-refractivity contribution in [3.63, 3.8) is 0 Å². The first kappa shape index (κ1) is 18.0. The Bertz CT molecular complexity index is 427. The molecule has 1 aliphatic rings. The van der Waals surface area contributed by atoms with E-state index in [0.717, 1.165) is 38.3 Å². The van der Waals surface area contributed by atoms with Gasteiger partial charge in [-0.25, -0.2) is 0 Å². The van der Waals surface area contributed by atoms with Crippen LogP contribution in [0.15, 0.2) is 30.3 Å². The second kappa shape index (κ2) is 11.2. The SMILES string of the molecule is O=C(CCCOCCc1ccccc1)NCCCC1CCCC1. The maximum atomic E-state index is 11.7. The van der Waals surface area contributed by atoms with Gasteiger partial charge < -0.3 is 10.1 Å². The third-order valence-corrected chi connectivity index (χ3v) is 4.66. The third-order valence-electron chi connectivity index (χ3n) is 4.66. The molecule has 0 spiro atoms. The Hall–Kier alpha value is -1.35. The summed E-state index contributed by atoms with van der Waals surface area (Å²) in [5.74, 6) is 1.09. The Balaban J connectivity index is 1.38. The van der Waals surface area contributed by atoms with E-state index in [1.807, 2.05) is 18.2 Å². The smallest absolute Gasteiger partial charge is 0.220 e. The van der Waals surface area contributed by atoms with Crippen molar-refractivity contribution in [2.75, 3.05) is 19.8 Å². The highest BCUT2D eigenvalue weighted by Crippen LogP contribution is 2.28. The van der Waals surface area contributed by atoms with E-state index in [1.54, 1.807) is 0 Å². The van der Waals surface area contributed by atoms with E-state index in [1.165, 1.54) is 37.7 Å². The Kier molecular flexibility index (Phi) is 8.78. The lowest BCUT2D eigenvalue weighted by Gasteiger charge is -2.09. The Labute approximate surface area is 140 Å². The first-order valence-corrected chi connectivity index (χ1v) is 9.23. The molecule has 0 aliphatic heterocycles. The molecule has 0 bridgehead atoms. The number of hydrogen-bond acceptors (Lipinski definition) is 2. The summed E-state index contributed by atoms with van der Waals surface area (Å²) in [6.45, 7) is 2.24. The van der Waals surface area contributed by atoms with Gasteiger partial charge in [-0.3, -0.25) is 4.79 Å². The largest absolute Gasteiger partial charge is 0.381 e. The lowest BCUT2D eigenvalue weighted by Crippen LogP contribution is -2.24. The van der Waals surface area contributed by atoms with Crippen molar-refractivity contribution in [3.8, 4) is 0 Å². The lowest BCUT2D eigenvalue weighted by molar-refractivity contribution is -0.121. The number of benzene rings is 1. The molecule has 1 aliphatic carbocycles. The molecule has 0 saturated heterocycles. The number of nitrogens with one attached hydrogen (secondary N) is 1. The zero-order valence-electron chi connectivity index (χ0n) is 14.3. The molecule has 1 saturated carbocycles. The summed E-state index contributed by atoms with van der Waals surface area (Å²) in [6, 6.07) is 10.3. The predicted octanol–water partition coefficient (Wildman–Crippen LogP) is 4.11. The van der Waals surface area contributed by atoms with Gasteiger partial charge in [-0.15, -0.1) is 0 Å². The fourth-order valence-corrected chi connectivity index (χ4v) is 3.28. The van der Waals surface area contributed by atoms with Crippen LogP contribution in [0.4, 0.5) is 0 Å². The highest BCUT2D eigenvalue weighted by molar-refractivity contribution is 5.75. The highest BCUT2D eigenvalue weighted by Gasteiger charge is 2.14. The van der Waals surface area contributed by atoms with Crippen LogP contribution in [-0.2, 0) is 16.0 Å². The Morgan fingerprint density at radius 1 is 1.09 bits per heavy atom. The van der Waals surface area contributed by atoms with Gasteiger partial charge in [0.25, 0.3) is 0 Å². The number of rotatable bonds is 11. The number of hydrogen-bond donors (Lipinski definition) is 1. The minimum absolute atomic E-state index is 0.170. The maximum absolute atomic E-state index is 11.7. The molecule has 23 heavy (non-hydrogen) atoms. The molecule has 0 unspecified atom stereocenters. The minimum Gasteiger partial charge on any atom is -0.381 e. The Morgan fingerprint density at radius 2 is 1.87 bits per heavy atom. The lowest BCUT2D eigenvalue weighted by atomic mass is 10.0. The van der Waals surface area contributed by atoms with Crippen molar-refractivity contribution in [1.82, 2.24) is 5.32 Å². The molecule has 0 radical (unpaired) electrons. The minimum atomic E-state index is 0.170. The van der Waals surface area contributed by atoms with Crippen molar-refractivity contribution in [2.45, 2.75) is 57.8 Å². The molecule has 1 aromatic carbocycles. The summed E-state index contributed by atoms with van der Waals surface area (Å²) in [4.78, 5) is 11.7. The summed E-state index contributed by atoms with van der Waals surface area (Å²) in [7, 11) is 0. The van der Waals surface area contributed by atoms with E-state index in [0.29, 0.717) is 13.0 Å². The van der Waals surface area contributed by atoms with E-state index < -0.39 is 0 Å². The molecular formula is C20H31NO2. The monoisotopic (exact) mass is 317 g/mol. The van der Waals surface area contributed by atoms with Gasteiger partial charge in [0.05, 0.1) is 6.61 Å². The molecule has 1 aromatic rings. The molecule has 1 amide bonds. The second-order valence-corrected chi connectivity index (χ2v) is 6.59. The summed E-state index contributed by atoms with van der Waals surface area (Å²) in [5, 5.41) is 3.03. The fraction of sp³-hybridized carbons (Fsp3) is 0.650. The molecule has 3 heteroatoms. The van der Waals surface area contributed by atoms with Crippen molar-refractivity contribution in [2.24, 2.45) is 5.92 Å². The summed E-state index contributed by atoms with van der Waals surface area (Å²) in [6.07, 6.45) is 10.3.